The van der Waals surface area contributed by atoms with Gasteiger partial charge in [0.1, 0.15) is 0 Å². The lowest BCUT2D eigenvalue weighted by molar-refractivity contribution is 0.154. The van der Waals surface area contributed by atoms with E-state index < -0.39 is 0 Å². The summed E-state index contributed by atoms with van der Waals surface area (Å²) in [7, 11) is 0. The fraction of sp³-hybridized carbons (Fsp3) is 0.333. The van der Waals surface area contributed by atoms with Crippen molar-refractivity contribution in [2.75, 3.05) is 4.90 Å². The summed E-state index contributed by atoms with van der Waals surface area (Å²) in [6, 6.07) is 22.1. The van der Waals surface area contributed by atoms with Crippen LogP contribution in [0.3, 0.4) is 0 Å². The summed E-state index contributed by atoms with van der Waals surface area (Å²) in [4.78, 5) is 5.61. The number of fused-ring (bicyclic) bond motifs is 6. The van der Waals surface area contributed by atoms with E-state index in [4.69, 9.17) is 0 Å². The van der Waals surface area contributed by atoms with E-state index in [1.165, 1.54) is 64.9 Å². The standard InChI is InChI=1S/C48H48N2/c1-3-12-33(13-4-1)35-22-26-39(27-23-35)49-46-21-10-8-19-42(46)44-31-37(25-29-47(44)49)38-24-28-43-41-18-7-9-20-45(41)50(48(43)32-38)40-17-11-16-36(30-40)34-14-5-2-6-15-34/h2-3,5-10,12-16,18-21,24-26,28-29,31-32,35,40-41,43-45,47-48H,1,4,11,17,22-23,27,30H2. The molecule has 0 spiro atoms. The van der Waals surface area contributed by atoms with Crippen LogP contribution in [0.1, 0.15) is 68.4 Å². The summed E-state index contributed by atoms with van der Waals surface area (Å²) in [6.45, 7) is 0. The van der Waals surface area contributed by atoms with Gasteiger partial charge in [-0.15, -0.1) is 0 Å². The molecule has 0 bridgehead atoms. The maximum atomic E-state index is 2.92. The predicted octanol–water partition coefficient (Wildman–Crippen LogP) is 11.0. The Labute approximate surface area is 298 Å². The van der Waals surface area contributed by atoms with Crippen molar-refractivity contribution in [1.29, 1.82) is 0 Å². The normalized spacial score (nSPS) is 33.8. The van der Waals surface area contributed by atoms with E-state index in [0.29, 0.717) is 47.8 Å². The third-order valence-electron chi connectivity index (χ3n) is 13.0. The monoisotopic (exact) mass is 652 g/mol. The topological polar surface area (TPSA) is 6.48 Å². The summed E-state index contributed by atoms with van der Waals surface area (Å²) < 4.78 is 0. The van der Waals surface area contributed by atoms with Gasteiger partial charge in [-0.2, -0.15) is 0 Å². The number of likely N-dealkylation sites (tertiary alicyclic amines) is 1. The Balaban J connectivity index is 0.939. The third kappa shape index (κ3) is 5.18. The summed E-state index contributed by atoms with van der Waals surface area (Å²) in [5, 5.41) is 0. The summed E-state index contributed by atoms with van der Waals surface area (Å²) in [5.74, 6) is 2.09. The molecule has 250 valence electrons. The molecule has 1 saturated heterocycles. The minimum Gasteiger partial charge on any atom is -0.337 e. The highest BCUT2D eigenvalue weighted by atomic mass is 15.3. The molecule has 10 rings (SSSR count). The molecule has 8 atom stereocenters. The first kappa shape index (κ1) is 30.4. The SMILES string of the molecule is C1=CC2C3C=CC(C4=CC5c6ccccc6N(C6=CCC(C7=CCCC=C7)CC6)C5C=C4)=CC3N(C3CCC=C(c4ccccc4)C3)C2C=C1. The smallest absolute Gasteiger partial charge is 0.0626 e. The number of anilines is 1. The quantitative estimate of drug-likeness (QED) is 0.317. The lowest BCUT2D eigenvalue weighted by atomic mass is 9.79. The van der Waals surface area contributed by atoms with Gasteiger partial charge in [-0.3, -0.25) is 4.90 Å². The molecule has 50 heavy (non-hydrogen) atoms. The maximum Gasteiger partial charge on any atom is 0.0626 e. The van der Waals surface area contributed by atoms with Crippen LogP contribution in [0, 0.1) is 17.8 Å². The minimum atomic E-state index is 0.347. The highest BCUT2D eigenvalue weighted by Gasteiger charge is 2.49. The Morgan fingerprint density at radius 1 is 0.640 bits per heavy atom. The minimum absolute atomic E-state index is 0.347. The third-order valence-corrected chi connectivity index (χ3v) is 13.0. The molecule has 0 saturated carbocycles. The molecule has 8 aliphatic rings. The molecule has 0 aromatic heterocycles. The van der Waals surface area contributed by atoms with Gasteiger partial charge in [-0.25, -0.2) is 0 Å². The average Bonchev–Trinajstić information content (AvgIpc) is 3.71. The van der Waals surface area contributed by atoms with Crippen LogP contribution in [-0.2, 0) is 0 Å². The molecule has 2 aliphatic heterocycles. The number of benzene rings is 2. The molecule has 2 heterocycles. The van der Waals surface area contributed by atoms with Crippen molar-refractivity contribution in [3.8, 4) is 0 Å². The van der Waals surface area contributed by atoms with E-state index in [1.807, 2.05) is 0 Å². The van der Waals surface area contributed by atoms with Gasteiger partial charge in [-0.1, -0.05) is 140 Å². The van der Waals surface area contributed by atoms with Gasteiger partial charge in [0.15, 0.2) is 0 Å². The molecule has 0 amide bonds. The van der Waals surface area contributed by atoms with Crippen molar-refractivity contribution in [2.24, 2.45) is 17.8 Å². The largest absolute Gasteiger partial charge is 0.337 e. The Hall–Kier alpha value is -4.40. The van der Waals surface area contributed by atoms with Crippen LogP contribution < -0.4 is 4.90 Å². The summed E-state index contributed by atoms with van der Waals surface area (Å²) in [6.07, 6.45) is 46.6. The van der Waals surface area contributed by atoms with Gasteiger partial charge < -0.3 is 4.90 Å². The van der Waals surface area contributed by atoms with Gasteiger partial charge in [0.05, 0.1) is 6.04 Å². The molecule has 6 aliphatic carbocycles. The average molecular weight is 653 g/mol. The predicted molar refractivity (Wildman–Crippen MR) is 209 cm³/mol. The molecule has 2 aromatic rings. The molecular formula is C48H48N2. The van der Waals surface area contributed by atoms with Gasteiger partial charge in [0.25, 0.3) is 0 Å². The highest BCUT2D eigenvalue weighted by molar-refractivity contribution is 5.71. The number of rotatable bonds is 5. The van der Waals surface area contributed by atoms with Gasteiger partial charge in [-0.05, 0) is 96.8 Å². The van der Waals surface area contributed by atoms with Crippen LogP contribution in [0.5, 0.6) is 0 Å². The zero-order chi connectivity index (χ0) is 33.0. The first-order chi connectivity index (χ1) is 24.8. The van der Waals surface area contributed by atoms with Crippen molar-refractivity contribution < 1.29 is 0 Å². The van der Waals surface area contributed by atoms with Crippen LogP contribution >= 0.6 is 0 Å². The Bertz CT molecular complexity index is 1970. The van der Waals surface area contributed by atoms with E-state index in [-0.39, 0.29) is 0 Å². The Morgan fingerprint density at radius 2 is 1.48 bits per heavy atom. The second kappa shape index (κ2) is 12.7. The molecule has 1 fully saturated rings. The maximum absolute atomic E-state index is 2.92. The van der Waals surface area contributed by atoms with E-state index in [0.717, 1.165) is 25.7 Å². The Morgan fingerprint density at radius 3 is 2.36 bits per heavy atom. The van der Waals surface area contributed by atoms with E-state index in [2.05, 4.69) is 156 Å². The lowest BCUT2D eigenvalue weighted by Gasteiger charge is -2.39. The van der Waals surface area contributed by atoms with Crippen LogP contribution in [0.15, 0.2) is 168 Å². The van der Waals surface area contributed by atoms with Crippen molar-refractivity contribution in [3.05, 3.63) is 179 Å². The number of para-hydroxylation sites is 1. The van der Waals surface area contributed by atoms with Gasteiger partial charge in [0.2, 0.25) is 0 Å². The molecule has 8 unspecified atom stereocenters. The first-order valence-corrected chi connectivity index (χ1v) is 19.4. The molecule has 0 radical (unpaired) electrons. The van der Waals surface area contributed by atoms with Crippen molar-refractivity contribution in [3.63, 3.8) is 0 Å². The van der Waals surface area contributed by atoms with Gasteiger partial charge in [0, 0.05) is 47.3 Å². The summed E-state index contributed by atoms with van der Waals surface area (Å²) >= 11 is 0. The second-order valence-electron chi connectivity index (χ2n) is 15.6. The van der Waals surface area contributed by atoms with Crippen LogP contribution in [0.25, 0.3) is 5.57 Å². The number of nitrogens with zero attached hydrogens (tertiary/aromatic N) is 2. The van der Waals surface area contributed by atoms with Crippen LogP contribution in [0.4, 0.5) is 5.69 Å². The molecule has 2 nitrogen and oxygen atoms in total. The van der Waals surface area contributed by atoms with Crippen molar-refractivity contribution in [1.82, 2.24) is 4.90 Å². The fourth-order valence-electron chi connectivity index (χ4n) is 10.7. The van der Waals surface area contributed by atoms with Gasteiger partial charge >= 0.3 is 0 Å². The van der Waals surface area contributed by atoms with E-state index in [9.17, 15) is 0 Å². The molecule has 0 N–H and O–H groups in total. The van der Waals surface area contributed by atoms with E-state index in [1.54, 1.807) is 5.57 Å². The first-order valence-electron chi connectivity index (χ1n) is 19.4. The number of hydrogen-bond donors (Lipinski definition) is 0. The molecular weight excluding hydrogens is 605 g/mol. The number of allylic oxidation sites excluding steroid dienone is 13. The molecule has 2 aromatic carbocycles. The highest BCUT2D eigenvalue weighted by Crippen LogP contribution is 2.51. The van der Waals surface area contributed by atoms with Crippen molar-refractivity contribution >= 4 is 11.3 Å². The van der Waals surface area contributed by atoms with E-state index >= 15 is 0 Å². The molecule has 2 heteroatoms. The lowest BCUT2D eigenvalue weighted by Crippen LogP contribution is -2.45. The Kier molecular flexibility index (Phi) is 7.75. The van der Waals surface area contributed by atoms with Crippen LogP contribution in [-0.4, -0.2) is 29.1 Å². The second-order valence-corrected chi connectivity index (χ2v) is 15.6. The zero-order valence-corrected chi connectivity index (χ0v) is 29.0. The van der Waals surface area contributed by atoms with Crippen LogP contribution in [0.2, 0.25) is 0 Å². The zero-order valence-electron chi connectivity index (χ0n) is 29.0. The van der Waals surface area contributed by atoms with Crippen molar-refractivity contribution in [2.45, 2.75) is 81.5 Å². The fourth-order valence-corrected chi connectivity index (χ4v) is 10.7. The summed E-state index contributed by atoms with van der Waals surface area (Å²) in [5.41, 5.74) is 11.7. The number of hydrogen-bond acceptors (Lipinski definition) is 2.